The summed E-state index contributed by atoms with van der Waals surface area (Å²) in [5.74, 6) is 1.05. The number of nitrogens with one attached hydrogen (secondary N) is 2. The molecule has 2 amide bonds. The molecule has 0 unspecified atom stereocenters. The van der Waals surface area contributed by atoms with Gasteiger partial charge in [-0.2, -0.15) is 0 Å². The molecule has 3 aromatic rings. The first-order chi connectivity index (χ1) is 15.0. The number of amides is 2. The second-order valence-electron chi connectivity index (χ2n) is 7.26. The van der Waals surface area contributed by atoms with Crippen LogP contribution in [-0.4, -0.2) is 25.5 Å². The van der Waals surface area contributed by atoms with Crippen molar-refractivity contribution in [2.75, 3.05) is 24.4 Å². The standard InChI is InChI=1S/C25H26N2O4/c1-17(2)20-8-4-6-10-22(20)31-16-24(28)26-19-14-12-18(13-15-19)25(29)27-21-9-5-7-11-23(21)30-3/h4-15,17H,16H2,1-3H3,(H,26,28)(H,27,29). The fourth-order valence-corrected chi connectivity index (χ4v) is 3.08. The predicted octanol–water partition coefficient (Wildman–Crippen LogP) is 5.09. The maximum absolute atomic E-state index is 12.5. The van der Waals surface area contributed by atoms with Crippen molar-refractivity contribution in [3.8, 4) is 11.5 Å². The van der Waals surface area contributed by atoms with Crippen LogP contribution in [0.2, 0.25) is 0 Å². The molecule has 0 fully saturated rings. The molecule has 0 spiro atoms. The molecule has 0 aliphatic heterocycles. The zero-order valence-corrected chi connectivity index (χ0v) is 17.8. The number of para-hydroxylation sites is 3. The van der Waals surface area contributed by atoms with E-state index in [1.54, 1.807) is 43.5 Å². The minimum absolute atomic E-state index is 0.0974. The Morgan fingerprint density at radius 2 is 1.48 bits per heavy atom. The number of rotatable bonds is 8. The summed E-state index contributed by atoms with van der Waals surface area (Å²) >= 11 is 0. The maximum atomic E-state index is 12.5. The highest BCUT2D eigenvalue weighted by molar-refractivity contribution is 6.05. The lowest BCUT2D eigenvalue weighted by Crippen LogP contribution is -2.20. The van der Waals surface area contributed by atoms with Gasteiger partial charge in [0.25, 0.3) is 11.8 Å². The molecule has 0 heterocycles. The van der Waals surface area contributed by atoms with Crippen molar-refractivity contribution in [3.05, 3.63) is 83.9 Å². The molecular formula is C25H26N2O4. The van der Waals surface area contributed by atoms with Gasteiger partial charge in [0.2, 0.25) is 0 Å². The highest BCUT2D eigenvalue weighted by Crippen LogP contribution is 2.26. The minimum Gasteiger partial charge on any atom is -0.495 e. The zero-order valence-electron chi connectivity index (χ0n) is 17.8. The summed E-state index contributed by atoms with van der Waals surface area (Å²) in [5.41, 5.74) is 2.69. The van der Waals surface area contributed by atoms with Gasteiger partial charge in [0.1, 0.15) is 11.5 Å². The molecule has 31 heavy (non-hydrogen) atoms. The zero-order chi connectivity index (χ0) is 22.2. The molecule has 6 nitrogen and oxygen atoms in total. The molecule has 0 saturated carbocycles. The Hall–Kier alpha value is -3.80. The van der Waals surface area contributed by atoms with E-state index in [1.807, 2.05) is 36.4 Å². The molecule has 3 aromatic carbocycles. The largest absolute Gasteiger partial charge is 0.495 e. The van der Waals surface area contributed by atoms with Gasteiger partial charge in [0.15, 0.2) is 6.61 Å². The van der Waals surface area contributed by atoms with Gasteiger partial charge in [-0.15, -0.1) is 0 Å². The van der Waals surface area contributed by atoms with E-state index in [4.69, 9.17) is 9.47 Å². The summed E-state index contributed by atoms with van der Waals surface area (Å²) < 4.78 is 10.9. The third-order valence-corrected chi connectivity index (χ3v) is 4.69. The molecule has 0 aromatic heterocycles. The number of hydrogen-bond acceptors (Lipinski definition) is 4. The third kappa shape index (κ3) is 5.85. The summed E-state index contributed by atoms with van der Waals surface area (Å²) in [6.07, 6.45) is 0. The van der Waals surface area contributed by atoms with E-state index < -0.39 is 0 Å². The van der Waals surface area contributed by atoms with E-state index in [0.29, 0.717) is 34.4 Å². The topological polar surface area (TPSA) is 76.7 Å². The Morgan fingerprint density at radius 1 is 0.839 bits per heavy atom. The Balaban J connectivity index is 1.56. The van der Waals surface area contributed by atoms with Gasteiger partial charge >= 0.3 is 0 Å². The summed E-state index contributed by atoms with van der Waals surface area (Å²) in [5, 5.41) is 5.60. The average molecular weight is 418 g/mol. The van der Waals surface area contributed by atoms with Crippen LogP contribution in [0.4, 0.5) is 11.4 Å². The molecule has 0 bridgehead atoms. The van der Waals surface area contributed by atoms with Crippen LogP contribution in [0.25, 0.3) is 0 Å². The molecule has 0 radical (unpaired) electrons. The monoisotopic (exact) mass is 418 g/mol. The molecule has 0 atom stereocenters. The molecule has 2 N–H and O–H groups in total. The van der Waals surface area contributed by atoms with Gasteiger partial charge in [-0.1, -0.05) is 44.2 Å². The smallest absolute Gasteiger partial charge is 0.262 e. The second-order valence-corrected chi connectivity index (χ2v) is 7.26. The van der Waals surface area contributed by atoms with Crippen LogP contribution < -0.4 is 20.1 Å². The highest BCUT2D eigenvalue weighted by Gasteiger charge is 2.11. The Labute approximate surface area is 182 Å². The Morgan fingerprint density at radius 3 is 2.16 bits per heavy atom. The van der Waals surface area contributed by atoms with E-state index in [-0.39, 0.29) is 18.4 Å². The summed E-state index contributed by atoms with van der Waals surface area (Å²) in [6.45, 7) is 4.06. The molecule has 160 valence electrons. The van der Waals surface area contributed by atoms with Crippen LogP contribution in [0.5, 0.6) is 11.5 Å². The van der Waals surface area contributed by atoms with Crippen LogP contribution in [0, 0.1) is 0 Å². The third-order valence-electron chi connectivity index (χ3n) is 4.69. The molecule has 3 rings (SSSR count). The maximum Gasteiger partial charge on any atom is 0.262 e. The second kappa shape index (κ2) is 10.3. The van der Waals surface area contributed by atoms with Crippen LogP contribution >= 0.6 is 0 Å². The summed E-state index contributed by atoms with van der Waals surface area (Å²) in [6, 6.07) is 21.5. The van der Waals surface area contributed by atoms with Crippen molar-refractivity contribution in [3.63, 3.8) is 0 Å². The lowest BCUT2D eigenvalue weighted by Gasteiger charge is -2.14. The van der Waals surface area contributed by atoms with E-state index in [2.05, 4.69) is 24.5 Å². The number of benzene rings is 3. The Kier molecular flexibility index (Phi) is 7.27. The molecule has 0 aliphatic carbocycles. The molecule has 0 saturated heterocycles. The van der Waals surface area contributed by atoms with Crippen molar-refractivity contribution < 1.29 is 19.1 Å². The average Bonchev–Trinajstić information content (AvgIpc) is 2.78. The van der Waals surface area contributed by atoms with E-state index >= 15 is 0 Å². The summed E-state index contributed by atoms with van der Waals surface area (Å²) in [4.78, 5) is 24.8. The van der Waals surface area contributed by atoms with Crippen molar-refractivity contribution >= 4 is 23.2 Å². The number of carbonyl (C=O) groups is 2. The SMILES string of the molecule is COc1ccccc1NC(=O)c1ccc(NC(=O)COc2ccccc2C(C)C)cc1. The van der Waals surface area contributed by atoms with Gasteiger partial charge in [-0.3, -0.25) is 9.59 Å². The lowest BCUT2D eigenvalue weighted by atomic mass is 10.0. The molecule has 0 aliphatic rings. The quantitative estimate of drug-likeness (QED) is 0.534. The predicted molar refractivity (Wildman–Crippen MR) is 122 cm³/mol. The van der Waals surface area contributed by atoms with Crippen LogP contribution in [0.1, 0.15) is 35.7 Å². The first-order valence-electron chi connectivity index (χ1n) is 10.0. The first-order valence-corrected chi connectivity index (χ1v) is 10.0. The fraction of sp³-hybridized carbons (Fsp3) is 0.200. The van der Waals surface area contributed by atoms with E-state index in [0.717, 1.165) is 5.56 Å². The Bertz CT molecular complexity index is 1050. The number of methoxy groups -OCH3 is 1. The van der Waals surface area contributed by atoms with Gasteiger partial charge in [-0.05, 0) is 53.9 Å². The normalized spacial score (nSPS) is 10.5. The molecule has 6 heteroatoms. The van der Waals surface area contributed by atoms with Crippen molar-refractivity contribution in [2.24, 2.45) is 0 Å². The number of anilines is 2. The van der Waals surface area contributed by atoms with Crippen molar-refractivity contribution in [1.29, 1.82) is 0 Å². The van der Waals surface area contributed by atoms with E-state index in [1.165, 1.54) is 0 Å². The van der Waals surface area contributed by atoms with Gasteiger partial charge < -0.3 is 20.1 Å². The van der Waals surface area contributed by atoms with E-state index in [9.17, 15) is 9.59 Å². The number of carbonyl (C=O) groups excluding carboxylic acids is 2. The van der Waals surface area contributed by atoms with Gasteiger partial charge in [0, 0.05) is 11.3 Å². The van der Waals surface area contributed by atoms with Crippen molar-refractivity contribution in [2.45, 2.75) is 19.8 Å². The molecular weight excluding hydrogens is 392 g/mol. The van der Waals surface area contributed by atoms with Crippen LogP contribution in [0.15, 0.2) is 72.8 Å². The van der Waals surface area contributed by atoms with Crippen LogP contribution in [-0.2, 0) is 4.79 Å². The van der Waals surface area contributed by atoms with Crippen molar-refractivity contribution in [1.82, 2.24) is 0 Å². The summed E-state index contributed by atoms with van der Waals surface area (Å²) in [7, 11) is 1.55. The first kappa shape index (κ1) is 21.9. The number of hydrogen-bond donors (Lipinski definition) is 2. The van der Waals surface area contributed by atoms with Gasteiger partial charge in [0.05, 0.1) is 12.8 Å². The highest BCUT2D eigenvalue weighted by atomic mass is 16.5. The minimum atomic E-state index is -0.273. The van der Waals surface area contributed by atoms with Gasteiger partial charge in [-0.25, -0.2) is 0 Å². The lowest BCUT2D eigenvalue weighted by molar-refractivity contribution is -0.118. The number of ether oxygens (including phenoxy) is 2. The van der Waals surface area contributed by atoms with Crippen LogP contribution in [0.3, 0.4) is 0 Å². The fourth-order valence-electron chi connectivity index (χ4n) is 3.08.